The summed E-state index contributed by atoms with van der Waals surface area (Å²) in [7, 11) is 1.35. The quantitative estimate of drug-likeness (QED) is 0.658. The Bertz CT molecular complexity index is 701. The van der Waals surface area contributed by atoms with Gasteiger partial charge in [-0.25, -0.2) is 4.79 Å². The molecule has 90 valence electrons. The van der Waals surface area contributed by atoms with E-state index in [9.17, 15) is 4.79 Å². The molecular formula is C11H9N5O2. The zero-order chi connectivity index (χ0) is 12.5. The first kappa shape index (κ1) is 10.5. The number of tetrazole rings is 1. The number of esters is 1. The second-order valence-electron chi connectivity index (χ2n) is 3.69. The van der Waals surface area contributed by atoms with Crippen molar-refractivity contribution in [2.24, 2.45) is 0 Å². The lowest BCUT2D eigenvalue weighted by Crippen LogP contribution is -2.02. The molecule has 0 unspecified atom stereocenters. The highest BCUT2D eigenvalue weighted by Crippen LogP contribution is 2.25. The summed E-state index contributed by atoms with van der Waals surface area (Å²) in [6.45, 7) is 0. The molecule has 0 atom stereocenters. The number of fused-ring (bicyclic) bond motifs is 1. The van der Waals surface area contributed by atoms with E-state index in [0.717, 1.165) is 10.9 Å². The predicted octanol–water partition coefficient (Wildman–Crippen LogP) is 1.13. The summed E-state index contributed by atoms with van der Waals surface area (Å²) in [5.41, 5.74) is 1.98. The van der Waals surface area contributed by atoms with Crippen molar-refractivity contribution in [2.75, 3.05) is 7.11 Å². The van der Waals surface area contributed by atoms with E-state index >= 15 is 0 Å². The Balaban J connectivity index is 2.26. The average molecular weight is 243 g/mol. The number of ether oxygens (including phenoxy) is 1. The van der Waals surface area contributed by atoms with Gasteiger partial charge in [-0.15, -0.1) is 10.2 Å². The van der Waals surface area contributed by atoms with Gasteiger partial charge in [0.05, 0.1) is 12.7 Å². The minimum Gasteiger partial charge on any atom is -0.465 e. The molecule has 7 nitrogen and oxygen atoms in total. The molecule has 0 aliphatic rings. The van der Waals surface area contributed by atoms with Crippen LogP contribution in [-0.4, -0.2) is 38.7 Å². The van der Waals surface area contributed by atoms with Crippen molar-refractivity contribution >= 4 is 16.9 Å². The zero-order valence-electron chi connectivity index (χ0n) is 9.47. The van der Waals surface area contributed by atoms with Crippen LogP contribution in [-0.2, 0) is 4.74 Å². The molecule has 18 heavy (non-hydrogen) atoms. The molecule has 0 fully saturated rings. The number of carbonyl (C=O) groups is 1. The number of methoxy groups -OCH3 is 1. The standard InChI is InChI=1S/C11H9N5O2/c1-18-11(17)8-4-6(10-13-15-16-14-10)5-9-7(8)2-3-12-9/h2-5,12H,1H3,(H,13,14,15,16). The van der Waals surface area contributed by atoms with Crippen LogP contribution in [0.25, 0.3) is 22.3 Å². The smallest absolute Gasteiger partial charge is 0.338 e. The van der Waals surface area contributed by atoms with Gasteiger partial charge in [0.25, 0.3) is 0 Å². The largest absolute Gasteiger partial charge is 0.465 e. The molecule has 0 saturated heterocycles. The normalized spacial score (nSPS) is 10.7. The van der Waals surface area contributed by atoms with Gasteiger partial charge >= 0.3 is 5.97 Å². The van der Waals surface area contributed by atoms with E-state index in [0.29, 0.717) is 17.0 Å². The van der Waals surface area contributed by atoms with Crippen molar-refractivity contribution in [2.45, 2.75) is 0 Å². The molecule has 0 aliphatic carbocycles. The molecule has 2 aromatic heterocycles. The number of aromatic amines is 2. The number of nitrogens with zero attached hydrogens (tertiary/aromatic N) is 3. The Morgan fingerprint density at radius 2 is 2.28 bits per heavy atom. The lowest BCUT2D eigenvalue weighted by atomic mass is 10.1. The Morgan fingerprint density at radius 3 is 3.00 bits per heavy atom. The van der Waals surface area contributed by atoms with Crippen molar-refractivity contribution in [3.63, 3.8) is 0 Å². The molecule has 3 rings (SSSR count). The van der Waals surface area contributed by atoms with Crippen LogP contribution in [0.3, 0.4) is 0 Å². The van der Waals surface area contributed by atoms with Crippen LogP contribution in [0.2, 0.25) is 0 Å². The van der Waals surface area contributed by atoms with E-state index in [2.05, 4.69) is 25.6 Å². The van der Waals surface area contributed by atoms with Crippen LogP contribution in [0, 0.1) is 0 Å². The number of rotatable bonds is 2. The van der Waals surface area contributed by atoms with Crippen molar-refractivity contribution in [1.82, 2.24) is 25.6 Å². The Kier molecular flexibility index (Phi) is 2.30. The number of hydrogen-bond acceptors (Lipinski definition) is 5. The van der Waals surface area contributed by atoms with Crippen LogP contribution >= 0.6 is 0 Å². The lowest BCUT2D eigenvalue weighted by Gasteiger charge is -2.03. The molecule has 7 heteroatoms. The third-order valence-electron chi connectivity index (χ3n) is 2.68. The van der Waals surface area contributed by atoms with Crippen molar-refractivity contribution in [3.8, 4) is 11.4 Å². The molecule has 3 aromatic rings. The first-order chi connectivity index (χ1) is 8.79. The fourth-order valence-electron chi connectivity index (χ4n) is 1.86. The summed E-state index contributed by atoms with van der Waals surface area (Å²) >= 11 is 0. The lowest BCUT2D eigenvalue weighted by molar-refractivity contribution is 0.0603. The van der Waals surface area contributed by atoms with Gasteiger partial charge in [-0.3, -0.25) is 0 Å². The van der Waals surface area contributed by atoms with Crippen molar-refractivity contribution in [3.05, 3.63) is 30.0 Å². The summed E-state index contributed by atoms with van der Waals surface area (Å²) in [5.74, 6) is 0.0293. The number of hydrogen-bond donors (Lipinski definition) is 2. The van der Waals surface area contributed by atoms with Gasteiger partial charge in [0.2, 0.25) is 5.82 Å². The highest BCUT2D eigenvalue weighted by Gasteiger charge is 2.15. The molecule has 1 aromatic carbocycles. The monoisotopic (exact) mass is 243 g/mol. The zero-order valence-corrected chi connectivity index (χ0v) is 9.47. The van der Waals surface area contributed by atoms with E-state index in [1.54, 1.807) is 12.3 Å². The highest BCUT2D eigenvalue weighted by molar-refractivity contribution is 6.05. The highest BCUT2D eigenvalue weighted by atomic mass is 16.5. The second-order valence-corrected chi connectivity index (χ2v) is 3.69. The van der Waals surface area contributed by atoms with Crippen LogP contribution < -0.4 is 0 Å². The Morgan fingerprint density at radius 1 is 1.39 bits per heavy atom. The van der Waals surface area contributed by atoms with E-state index in [-0.39, 0.29) is 0 Å². The maximum Gasteiger partial charge on any atom is 0.338 e. The number of aromatic nitrogens is 5. The van der Waals surface area contributed by atoms with Crippen molar-refractivity contribution < 1.29 is 9.53 Å². The Labute approximate surface area is 101 Å². The topological polar surface area (TPSA) is 96.6 Å². The van der Waals surface area contributed by atoms with Gasteiger partial charge in [-0.05, 0) is 23.4 Å². The van der Waals surface area contributed by atoms with Gasteiger partial charge in [0.1, 0.15) is 0 Å². The molecular weight excluding hydrogens is 234 g/mol. The van der Waals surface area contributed by atoms with Crippen LogP contribution in [0.15, 0.2) is 24.4 Å². The predicted molar refractivity (Wildman–Crippen MR) is 62.8 cm³/mol. The summed E-state index contributed by atoms with van der Waals surface area (Å²) < 4.78 is 4.77. The van der Waals surface area contributed by atoms with Gasteiger partial charge in [0, 0.05) is 22.7 Å². The van der Waals surface area contributed by atoms with Crippen LogP contribution in [0.1, 0.15) is 10.4 Å². The SMILES string of the molecule is COC(=O)c1cc(-c2nn[nH]n2)cc2[nH]ccc12. The van der Waals surface area contributed by atoms with E-state index in [1.165, 1.54) is 7.11 Å². The fraction of sp³-hybridized carbons (Fsp3) is 0.0909. The number of carbonyl (C=O) groups excluding carboxylic acids is 1. The number of H-pyrrole nitrogens is 2. The fourth-order valence-corrected chi connectivity index (χ4v) is 1.86. The number of benzene rings is 1. The molecule has 0 radical (unpaired) electrons. The van der Waals surface area contributed by atoms with Gasteiger partial charge in [-0.2, -0.15) is 5.21 Å². The maximum atomic E-state index is 11.7. The average Bonchev–Trinajstić information content (AvgIpc) is 3.06. The first-order valence-corrected chi connectivity index (χ1v) is 5.23. The minimum absolute atomic E-state index is 0.398. The minimum atomic E-state index is -0.398. The van der Waals surface area contributed by atoms with E-state index in [1.807, 2.05) is 12.1 Å². The number of nitrogens with one attached hydrogen (secondary N) is 2. The first-order valence-electron chi connectivity index (χ1n) is 5.23. The van der Waals surface area contributed by atoms with Gasteiger partial charge in [-0.1, -0.05) is 0 Å². The van der Waals surface area contributed by atoms with Gasteiger partial charge < -0.3 is 9.72 Å². The van der Waals surface area contributed by atoms with Crippen LogP contribution in [0.5, 0.6) is 0 Å². The molecule has 0 bridgehead atoms. The molecule has 2 N–H and O–H groups in total. The van der Waals surface area contributed by atoms with Crippen molar-refractivity contribution in [1.29, 1.82) is 0 Å². The summed E-state index contributed by atoms with van der Waals surface area (Å²) in [6.07, 6.45) is 1.76. The molecule has 0 saturated carbocycles. The maximum absolute atomic E-state index is 11.7. The third-order valence-corrected chi connectivity index (χ3v) is 2.68. The van der Waals surface area contributed by atoms with E-state index in [4.69, 9.17) is 4.74 Å². The molecule has 0 amide bonds. The molecule has 2 heterocycles. The second kappa shape index (κ2) is 3.95. The van der Waals surface area contributed by atoms with Gasteiger partial charge in [0.15, 0.2) is 0 Å². The third kappa shape index (κ3) is 1.53. The van der Waals surface area contributed by atoms with E-state index < -0.39 is 5.97 Å². The molecule has 0 spiro atoms. The van der Waals surface area contributed by atoms with Crippen LogP contribution in [0.4, 0.5) is 0 Å². The molecule has 0 aliphatic heterocycles. The summed E-state index contributed by atoms with van der Waals surface area (Å²) in [6, 6.07) is 5.36. The summed E-state index contributed by atoms with van der Waals surface area (Å²) in [4.78, 5) is 14.8. The summed E-state index contributed by atoms with van der Waals surface area (Å²) in [5, 5.41) is 14.5. The Hall–Kier alpha value is -2.70.